The van der Waals surface area contributed by atoms with Crippen LogP contribution < -0.4 is 11.1 Å². The van der Waals surface area contributed by atoms with Crippen molar-refractivity contribution in [3.05, 3.63) is 77.9 Å². The minimum absolute atomic E-state index is 0.146. The summed E-state index contributed by atoms with van der Waals surface area (Å²) in [6.07, 6.45) is 1.21. The van der Waals surface area contributed by atoms with Crippen molar-refractivity contribution in [2.45, 2.75) is 18.9 Å². The highest BCUT2D eigenvalue weighted by molar-refractivity contribution is 5.84. The van der Waals surface area contributed by atoms with Gasteiger partial charge in [-0.1, -0.05) is 54.6 Å². The minimum Gasteiger partial charge on any atom is -0.508 e. The molecule has 0 unspecified atom stereocenters. The first-order chi connectivity index (χ1) is 12.1. The maximum absolute atomic E-state index is 12.2. The van der Waals surface area contributed by atoms with Crippen LogP contribution in [-0.2, 0) is 17.6 Å². The maximum Gasteiger partial charge on any atom is 0.237 e. The number of fused-ring (bicyclic) bond motifs is 1. The van der Waals surface area contributed by atoms with Gasteiger partial charge in [-0.2, -0.15) is 0 Å². The number of hydrogen-bond acceptors (Lipinski definition) is 3. The number of amides is 1. The molecule has 1 amide bonds. The Morgan fingerprint density at radius 2 is 1.64 bits per heavy atom. The number of carbonyl (C=O) groups excluding carboxylic acids is 1. The largest absolute Gasteiger partial charge is 0.508 e. The smallest absolute Gasteiger partial charge is 0.237 e. The number of nitrogens with one attached hydrogen (secondary N) is 1. The Kier molecular flexibility index (Phi) is 5.31. The third-order valence-electron chi connectivity index (χ3n) is 4.26. The Morgan fingerprint density at radius 3 is 2.40 bits per heavy atom. The molecule has 0 aromatic heterocycles. The molecule has 3 rings (SSSR count). The summed E-state index contributed by atoms with van der Waals surface area (Å²) in [5, 5.41) is 14.5. The first-order valence-corrected chi connectivity index (χ1v) is 8.41. The van der Waals surface area contributed by atoms with E-state index in [0.717, 1.165) is 16.5 Å². The van der Waals surface area contributed by atoms with Crippen molar-refractivity contribution >= 4 is 16.7 Å². The van der Waals surface area contributed by atoms with Gasteiger partial charge in [0.2, 0.25) is 5.91 Å². The number of nitrogens with two attached hydrogens (primary N) is 1. The van der Waals surface area contributed by atoms with E-state index in [1.165, 1.54) is 5.39 Å². The van der Waals surface area contributed by atoms with Crippen LogP contribution in [0.5, 0.6) is 5.75 Å². The molecule has 4 N–H and O–H groups in total. The molecule has 128 valence electrons. The molecule has 0 saturated heterocycles. The van der Waals surface area contributed by atoms with Gasteiger partial charge in [-0.15, -0.1) is 0 Å². The molecule has 0 aliphatic heterocycles. The molecule has 0 heterocycles. The van der Waals surface area contributed by atoms with Gasteiger partial charge in [0.05, 0.1) is 6.04 Å². The zero-order valence-electron chi connectivity index (χ0n) is 14.0. The second kappa shape index (κ2) is 7.81. The molecule has 4 heteroatoms. The van der Waals surface area contributed by atoms with Gasteiger partial charge in [0.1, 0.15) is 5.75 Å². The summed E-state index contributed by atoms with van der Waals surface area (Å²) in [4.78, 5) is 12.2. The van der Waals surface area contributed by atoms with Crippen molar-refractivity contribution in [3.8, 4) is 5.75 Å². The van der Waals surface area contributed by atoms with Gasteiger partial charge in [-0.25, -0.2) is 0 Å². The number of hydrogen-bond donors (Lipinski definition) is 3. The van der Waals surface area contributed by atoms with Crippen molar-refractivity contribution in [1.29, 1.82) is 0 Å². The molecule has 4 nitrogen and oxygen atoms in total. The summed E-state index contributed by atoms with van der Waals surface area (Å²) < 4.78 is 0. The summed E-state index contributed by atoms with van der Waals surface area (Å²) in [6, 6.07) is 20.7. The minimum atomic E-state index is -0.569. The Balaban J connectivity index is 1.52. The highest BCUT2D eigenvalue weighted by atomic mass is 16.3. The van der Waals surface area contributed by atoms with E-state index in [1.54, 1.807) is 12.1 Å². The van der Waals surface area contributed by atoms with Crippen LogP contribution in [0, 0.1) is 0 Å². The van der Waals surface area contributed by atoms with Crippen molar-refractivity contribution in [2.24, 2.45) is 5.73 Å². The first-order valence-electron chi connectivity index (χ1n) is 8.41. The molecule has 0 fully saturated rings. The van der Waals surface area contributed by atoms with Crippen LogP contribution in [0.1, 0.15) is 11.1 Å². The molecule has 0 aliphatic rings. The van der Waals surface area contributed by atoms with Crippen LogP contribution in [0.15, 0.2) is 66.7 Å². The fraction of sp³-hybridized carbons (Fsp3) is 0.190. The fourth-order valence-electron chi connectivity index (χ4n) is 2.84. The van der Waals surface area contributed by atoms with Gasteiger partial charge in [-0.3, -0.25) is 4.79 Å². The molecule has 0 spiro atoms. The summed E-state index contributed by atoms with van der Waals surface area (Å²) in [5.41, 5.74) is 8.16. The molecule has 0 saturated carbocycles. The predicted octanol–water partition coefficient (Wildman–Crippen LogP) is 2.77. The topological polar surface area (TPSA) is 75.4 Å². The van der Waals surface area contributed by atoms with E-state index in [4.69, 9.17) is 5.73 Å². The molecule has 0 radical (unpaired) electrons. The molecular weight excluding hydrogens is 312 g/mol. The van der Waals surface area contributed by atoms with Crippen molar-refractivity contribution in [1.82, 2.24) is 5.32 Å². The Bertz CT molecular complexity index is 859. The van der Waals surface area contributed by atoms with Crippen molar-refractivity contribution < 1.29 is 9.90 Å². The van der Waals surface area contributed by atoms with Gasteiger partial charge in [0.15, 0.2) is 0 Å². The van der Waals surface area contributed by atoms with E-state index in [2.05, 4.69) is 29.6 Å². The lowest BCUT2D eigenvalue weighted by atomic mass is 10.0. The van der Waals surface area contributed by atoms with E-state index >= 15 is 0 Å². The summed E-state index contributed by atoms with van der Waals surface area (Å²) >= 11 is 0. The highest BCUT2D eigenvalue weighted by Gasteiger charge is 2.13. The zero-order valence-corrected chi connectivity index (χ0v) is 14.0. The summed E-state index contributed by atoms with van der Waals surface area (Å²) in [7, 11) is 0. The number of benzene rings is 3. The SMILES string of the molecule is N[C@H](Cc1ccc2ccccc2c1)C(=O)NCCc1ccc(O)cc1. The maximum atomic E-state index is 12.2. The van der Waals surface area contributed by atoms with Gasteiger partial charge in [-0.05, 0) is 46.9 Å². The standard InChI is InChI=1S/C21H22N2O2/c22-20(14-16-5-8-17-3-1-2-4-18(17)13-16)21(25)23-12-11-15-6-9-19(24)10-7-15/h1-10,13,20,24H,11-12,14,22H2,(H,23,25)/t20-/m1/s1. The zero-order chi connectivity index (χ0) is 17.6. The molecule has 0 bridgehead atoms. The van der Waals surface area contributed by atoms with Gasteiger partial charge >= 0.3 is 0 Å². The highest BCUT2D eigenvalue weighted by Crippen LogP contribution is 2.16. The average Bonchev–Trinajstić information content (AvgIpc) is 2.63. The van der Waals surface area contributed by atoms with Gasteiger partial charge in [0, 0.05) is 6.54 Å². The molecule has 3 aromatic carbocycles. The third-order valence-corrected chi connectivity index (χ3v) is 4.26. The van der Waals surface area contributed by atoms with E-state index in [0.29, 0.717) is 19.4 Å². The Hall–Kier alpha value is -2.85. The van der Waals surface area contributed by atoms with Crippen LogP contribution in [0.3, 0.4) is 0 Å². The summed E-state index contributed by atoms with van der Waals surface area (Å²) in [6.45, 7) is 0.523. The third kappa shape index (κ3) is 4.58. The fourth-order valence-corrected chi connectivity index (χ4v) is 2.84. The quantitative estimate of drug-likeness (QED) is 0.649. The van der Waals surface area contributed by atoms with Crippen LogP contribution in [0.25, 0.3) is 10.8 Å². The van der Waals surface area contributed by atoms with E-state index in [9.17, 15) is 9.90 Å². The Labute approximate surface area is 147 Å². The van der Waals surface area contributed by atoms with E-state index in [1.807, 2.05) is 30.3 Å². The number of rotatable bonds is 6. The van der Waals surface area contributed by atoms with Crippen LogP contribution >= 0.6 is 0 Å². The molecule has 0 aliphatic carbocycles. The number of carbonyl (C=O) groups is 1. The molecular formula is C21H22N2O2. The van der Waals surface area contributed by atoms with Crippen molar-refractivity contribution in [3.63, 3.8) is 0 Å². The molecule has 1 atom stereocenters. The van der Waals surface area contributed by atoms with E-state index < -0.39 is 6.04 Å². The van der Waals surface area contributed by atoms with Gasteiger partial charge < -0.3 is 16.2 Å². The Morgan fingerprint density at radius 1 is 0.960 bits per heavy atom. The lowest BCUT2D eigenvalue weighted by molar-refractivity contribution is -0.122. The lowest BCUT2D eigenvalue weighted by Crippen LogP contribution is -2.42. The van der Waals surface area contributed by atoms with Crippen LogP contribution in [0.4, 0.5) is 0 Å². The van der Waals surface area contributed by atoms with Crippen LogP contribution in [-0.4, -0.2) is 23.6 Å². The van der Waals surface area contributed by atoms with Crippen molar-refractivity contribution in [2.75, 3.05) is 6.54 Å². The predicted molar refractivity (Wildman–Crippen MR) is 100 cm³/mol. The number of phenols is 1. The summed E-state index contributed by atoms with van der Waals surface area (Å²) in [5.74, 6) is 0.0946. The van der Waals surface area contributed by atoms with Gasteiger partial charge in [0.25, 0.3) is 0 Å². The van der Waals surface area contributed by atoms with E-state index in [-0.39, 0.29) is 11.7 Å². The number of phenolic OH excluding ortho intramolecular Hbond substituents is 1. The number of aromatic hydroxyl groups is 1. The normalized spacial score (nSPS) is 12.0. The average molecular weight is 334 g/mol. The lowest BCUT2D eigenvalue weighted by Gasteiger charge is -2.13. The monoisotopic (exact) mass is 334 g/mol. The van der Waals surface area contributed by atoms with Crippen LogP contribution in [0.2, 0.25) is 0 Å². The second-order valence-corrected chi connectivity index (χ2v) is 6.20. The second-order valence-electron chi connectivity index (χ2n) is 6.20. The molecule has 3 aromatic rings. The molecule has 25 heavy (non-hydrogen) atoms. The first kappa shape index (κ1) is 17.0.